The molecule has 0 atom stereocenters. The monoisotopic (exact) mass is 321 g/mol. The second-order valence-corrected chi connectivity index (χ2v) is 6.86. The summed E-state index contributed by atoms with van der Waals surface area (Å²) in [6.07, 6.45) is 1.75. The molecular weight excluding hydrogens is 301 g/mol. The second-order valence-electron chi connectivity index (χ2n) is 5.09. The normalized spacial score (nSPS) is 11.6. The van der Waals surface area contributed by atoms with Gasteiger partial charge in [-0.25, -0.2) is 17.5 Å². The van der Waals surface area contributed by atoms with Crippen molar-refractivity contribution in [3.8, 4) is 0 Å². The summed E-state index contributed by atoms with van der Waals surface area (Å²) in [5.41, 5.74) is 3.28. The van der Waals surface area contributed by atoms with Crippen molar-refractivity contribution in [2.24, 2.45) is 0 Å². The van der Waals surface area contributed by atoms with E-state index in [1.807, 2.05) is 19.1 Å². The van der Waals surface area contributed by atoms with Crippen LogP contribution in [0.4, 0.5) is 4.39 Å². The van der Waals surface area contributed by atoms with Gasteiger partial charge in [-0.15, -0.1) is 0 Å². The van der Waals surface area contributed by atoms with E-state index in [0.717, 1.165) is 36.1 Å². The lowest BCUT2D eigenvalue weighted by Gasteiger charge is -2.12. The number of hydrogen-bond donors (Lipinski definition) is 1. The molecule has 0 aromatic heterocycles. The van der Waals surface area contributed by atoms with Gasteiger partial charge in [0.15, 0.2) is 0 Å². The maximum absolute atomic E-state index is 12.9. The van der Waals surface area contributed by atoms with Gasteiger partial charge in [-0.1, -0.05) is 32.0 Å². The molecule has 0 heterocycles. The fraction of sp³-hybridized carbons (Fsp3) is 0.294. The molecule has 5 heteroatoms. The number of rotatable bonds is 6. The molecule has 3 nitrogen and oxygen atoms in total. The Morgan fingerprint density at radius 1 is 0.955 bits per heavy atom. The maximum atomic E-state index is 12.9. The number of nitrogens with one attached hydrogen (secondary N) is 1. The fourth-order valence-corrected chi connectivity index (χ4v) is 3.29. The molecule has 0 amide bonds. The van der Waals surface area contributed by atoms with Crippen LogP contribution in [0.1, 0.15) is 30.5 Å². The number of sulfonamides is 1. The molecule has 0 saturated carbocycles. The zero-order valence-corrected chi connectivity index (χ0v) is 13.6. The van der Waals surface area contributed by atoms with E-state index in [1.165, 1.54) is 17.7 Å². The van der Waals surface area contributed by atoms with E-state index in [0.29, 0.717) is 0 Å². The Morgan fingerprint density at radius 3 is 2.23 bits per heavy atom. The summed E-state index contributed by atoms with van der Waals surface area (Å²) in [7, 11) is -3.64. The third-order valence-corrected chi connectivity index (χ3v) is 5.05. The maximum Gasteiger partial charge on any atom is 0.240 e. The lowest BCUT2D eigenvalue weighted by Crippen LogP contribution is -2.24. The van der Waals surface area contributed by atoms with E-state index < -0.39 is 15.8 Å². The predicted octanol–water partition coefficient (Wildman–Crippen LogP) is 3.43. The van der Waals surface area contributed by atoms with Crippen LogP contribution in [0.15, 0.2) is 47.4 Å². The van der Waals surface area contributed by atoms with E-state index in [1.54, 1.807) is 0 Å². The van der Waals surface area contributed by atoms with Crippen molar-refractivity contribution in [1.29, 1.82) is 0 Å². The topological polar surface area (TPSA) is 46.2 Å². The van der Waals surface area contributed by atoms with Gasteiger partial charge < -0.3 is 0 Å². The number of benzene rings is 2. The summed E-state index contributed by atoms with van der Waals surface area (Å²) < 4.78 is 40.0. The standard InChI is InChI=1S/C17H20FNO2S/c1-3-13-5-6-14(4-2)15(11-13)12-19-22(20,21)17-9-7-16(18)8-10-17/h5-11,19H,3-4,12H2,1-2H3. The highest BCUT2D eigenvalue weighted by Crippen LogP contribution is 2.15. The molecule has 0 aliphatic carbocycles. The molecule has 2 aromatic rings. The van der Waals surface area contributed by atoms with Gasteiger partial charge >= 0.3 is 0 Å². The lowest BCUT2D eigenvalue weighted by atomic mass is 10.0. The fourth-order valence-electron chi connectivity index (χ4n) is 2.28. The van der Waals surface area contributed by atoms with Crippen LogP contribution < -0.4 is 4.72 Å². The van der Waals surface area contributed by atoms with Crippen molar-refractivity contribution in [3.05, 3.63) is 65.0 Å². The SMILES string of the molecule is CCc1ccc(CC)c(CNS(=O)(=O)c2ccc(F)cc2)c1. The number of hydrogen-bond acceptors (Lipinski definition) is 2. The van der Waals surface area contributed by atoms with Gasteiger partial charge in [0.25, 0.3) is 0 Å². The highest BCUT2D eigenvalue weighted by atomic mass is 32.2. The van der Waals surface area contributed by atoms with Gasteiger partial charge in [-0.3, -0.25) is 0 Å². The Bertz CT molecular complexity index is 740. The number of aryl methyl sites for hydroxylation is 2. The van der Waals surface area contributed by atoms with E-state index in [2.05, 4.69) is 17.7 Å². The van der Waals surface area contributed by atoms with Gasteiger partial charge in [-0.05, 0) is 53.8 Å². The molecule has 0 saturated heterocycles. The molecular formula is C17H20FNO2S. The summed E-state index contributed by atoms with van der Waals surface area (Å²) >= 11 is 0. The third kappa shape index (κ3) is 3.93. The first-order valence-electron chi connectivity index (χ1n) is 7.32. The minimum absolute atomic E-state index is 0.0681. The first-order valence-corrected chi connectivity index (χ1v) is 8.80. The molecule has 0 bridgehead atoms. The number of halogens is 1. The Labute approximate surface area is 131 Å². The highest BCUT2D eigenvalue weighted by molar-refractivity contribution is 7.89. The van der Waals surface area contributed by atoms with Crippen molar-refractivity contribution in [2.75, 3.05) is 0 Å². The first kappa shape index (κ1) is 16.6. The highest BCUT2D eigenvalue weighted by Gasteiger charge is 2.14. The summed E-state index contributed by atoms with van der Waals surface area (Å²) in [4.78, 5) is 0.0681. The average Bonchev–Trinajstić information content (AvgIpc) is 2.53. The van der Waals surface area contributed by atoms with E-state index in [4.69, 9.17) is 0 Å². The minimum atomic E-state index is -3.64. The average molecular weight is 321 g/mol. The quantitative estimate of drug-likeness (QED) is 0.886. The van der Waals surface area contributed by atoms with Crippen LogP contribution in [-0.2, 0) is 29.4 Å². The Kier molecular flexibility index (Phi) is 5.32. The molecule has 0 spiro atoms. The molecule has 118 valence electrons. The van der Waals surface area contributed by atoms with Crippen molar-refractivity contribution in [1.82, 2.24) is 4.72 Å². The summed E-state index contributed by atoms with van der Waals surface area (Å²) in [5, 5.41) is 0. The van der Waals surface area contributed by atoms with E-state index in [9.17, 15) is 12.8 Å². The molecule has 2 aromatic carbocycles. The Hall–Kier alpha value is -1.72. The van der Waals surface area contributed by atoms with Gasteiger partial charge in [0.2, 0.25) is 10.0 Å². The Morgan fingerprint density at radius 2 is 1.64 bits per heavy atom. The molecule has 22 heavy (non-hydrogen) atoms. The molecule has 0 aliphatic heterocycles. The van der Waals surface area contributed by atoms with Crippen molar-refractivity contribution in [2.45, 2.75) is 38.1 Å². The molecule has 0 fully saturated rings. The van der Waals surface area contributed by atoms with Crippen LogP contribution in [0.5, 0.6) is 0 Å². The minimum Gasteiger partial charge on any atom is -0.207 e. The summed E-state index contributed by atoms with van der Waals surface area (Å²) in [6.45, 7) is 4.34. The molecule has 0 aliphatic rings. The van der Waals surface area contributed by atoms with Gasteiger partial charge in [-0.2, -0.15) is 0 Å². The van der Waals surface area contributed by atoms with Gasteiger partial charge in [0, 0.05) is 6.54 Å². The van der Waals surface area contributed by atoms with Crippen molar-refractivity contribution < 1.29 is 12.8 Å². The second kappa shape index (κ2) is 7.03. The predicted molar refractivity (Wildman–Crippen MR) is 85.6 cm³/mol. The largest absolute Gasteiger partial charge is 0.240 e. The molecule has 1 N–H and O–H groups in total. The summed E-state index contributed by atoms with van der Waals surface area (Å²) in [5.74, 6) is -0.456. The lowest BCUT2D eigenvalue weighted by molar-refractivity contribution is 0.580. The zero-order chi connectivity index (χ0) is 16.2. The van der Waals surface area contributed by atoms with Gasteiger partial charge in [0.1, 0.15) is 5.82 Å². The van der Waals surface area contributed by atoms with E-state index in [-0.39, 0.29) is 11.4 Å². The van der Waals surface area contributed by atoms with Gasteiger partial charge in [0.05, 0.1) is 4.90 Å². The van der Waals surface area contributed by atoms with Crippen LogP contribution in [-0.4, -0.2) is 8.42 Å². The van der Waals surface area contributed by atoms with Crippen LogP contribution in [0.25, 0.3) is 0 Å². The Balaban J connectivity index is 2.20. The van der Waals surface area contributed by atoms with E-state index >= 15 is 0 Å². The zero-order valence-electron chi connectivity index (χ0n) is 12.8. The van der Waals surface area contributed by atoms with Crippen molar-refractivity contribution >= 4 is 10.0 Å². The van der Waals surface area contributed by atoms with Crippen LogP contribution in [0.2, 0.25) is 0 Å². The molecule has 2 rings (SSSR count). The summed E-state index contributed by atoms with van der Waals surface area (Å²) in [6, 6.07) is 11.0. The first-order chi connectivity index (χ1) is 10.5. The third-order valence-electron chi connectivity index (χ3n) is 3.64. The van der Waals surface area contributed by atoms with Crippen LogP contribution in [0, 0.1) is 5.82 Å². The molecule has 0 unspecified atom stereocenters. The van der Waals surface area contributed by atoms with Crippen molar-refractivity contribution in [3.63, 3.8) is 0 Å². The molecule has 0 radical (unpaired) electrons. The van der Waals surface area contributed by atoms with Crippen LogP contribution >= 0.6 is 0 Å². The van der Waals surface area contributed by atoms with Crippen LogP contribution in [0.3, 0.4) is 0 Å². The smallest absolute Gasteiger partial charge is 0.207 e.